The fraction of sp³-hybridized carbons (Fsp3) is 0.174. The Morgan fingerprint density at radius 1 is 0.875 bits per heavy atom. The normalized spacial score (nSPS) is 15.6. The van der Waals surface area contributed by atoms with E-state index < -0.39 is 27.8 Å². The number of nitrogens with zero attached hydrogens (tertiary/aromatic N) is 2. The number of urea groups is 1. The van der Waals surface area contributed by atoms with Crippen molar-refractivity contribution < 1.29 is 26.4 Å². The highest BCUT2D eigenvalue weighted by Crippen LogP contribution is 2.38. The van der Waals surface area contributed by atoms with Crippen LogP contribution in [0.1, 0.15) is 23.6 Å². The fourth-order valence-corrected chi connectivity index (χ4v) is 5.20. The molecule has 5 nitrogen and oxygen atoms in total. The van der Waals surface area contributed by atoms with Crippen molar-refractivity contribution in [3.63, 3.8) is 0 Å². The van der Waals surface area contributed by atoms with Crippen LogP contribution in [0.4, 0.5) is 29.3 Å². The second kappa shape index (κ2) is 7.98. The highest BCUT2D eigenvalue weighted by molar-refractivity contribution is 7.94. The van der Waals surface area contributed by atoms with Gasteiger partial charge in [0, 0.05) is 0 Å². The molecule has 3 aromatic carbocycles. The number of anilines is 2. The van der Waals surface area contributed by atoms with E-state index >= 15 is 0 Å². The second-order valence-corrected chi connectivity index (χ2v) is 9.08. The molecule has 0 radical (unpaired) electrons. The molecule has 0 bridgehead atoms. The first-order valence-corrected chi connectivity index (χ1v) is 11.3. The van der Waals surface area contributed by atoms with Crippen LogP contribution in [-0.2, 0) is 29.2 Å². The van der Waals surface area contributed by atoms with Crippen molar-refractivity contribution >= 4 is 27.4 Å². The van der Waals surface area contributed by atoms with Gasteiger partial charge in [0.2, 0.25) is 0 Å². The number of halogens is 3. The highest BCUT2D eigenvalue weighted by Gasteiger charge is 2.42. The zero-order valence-corrected chi connectivity index (χ0v) is 17.8. The molecular weight excluding hydrogens is 441 g/mol. The summed E-state index contributed by atoms with van der Waals surface area (Å²) in [5.41, 5.74) is 0.639. The van der Waals surface area contributed by atoms with E-state index in [2.05, 4.69) is 0 Å². The molecule has 0 aromatic heterocycles. The SMILES string of the molecule is CCc1ccc(N2C(=O)N(Cc3cccc(C(F)(F)F)c3)c3ccccc3S2(=O)=O)cc1. The number of rotatable bonds is 4. The number of para-hydroxylation sites is 1. The Bertz CT molecular complexity index is 1270. The van der Waals surface area contributed by atoms with Gasteiger partial charge in [-0.1, -0.05) is 43.3 Å². The van der Waals surface area contributed by atoms with Crippen LogP contribution in [0.25, 0.3) is 0 Å². The van der Waals surface area contributed by atoms with Gasteiger partial charge in [-0.3, -0.25) is 4.90 Å². The third kappa shape index (κ3) is 3.84. The number of carbonyl (C=O) groups excluding carboxylic acids is 1. The van der Waals surface area contributed by atoms with Crippen molar-refractivity contribution in [2.24, 2.45) is 0 Å². The lowest BCUT2D eigenvalue weighted by Crippen LogP contribution is -2.50. The highest BCUT2D eigenvalue weighted by atomic mass is 32.2. The largest absolute Gasteiger partial charge is 0.416 e. The minimum atomic E-state index is -4.53. The molecule has 0 spiro atoms. The predicted molar refractivity (Wildman–Crippen MR) is 115 cm³/mol. The summed E-state index contributed by atoms with van der Waals surface area (Å²) in [6.07, 6.45) is -3.79. The van der Waals surface area contributed by atoms with Gasteiger partial charge in [0.1, 0.15) is 4.90 Å². The van der Waals surface area contributed by atoms with Gasteiger partial charge in [0.15, 0.2) is 0 Å². The minimum absolute atomic E-state index is 0.0915. The summed E-state index contributed by atoms with van der Waals surface area (Å²) in [5.74, 6) is 0. The molecule has 3 aromatic rings. The van der Waals surface area contributed by atoms with Crippen LogP contribution in [0.5, 0.6) is 0 Å². The Kier molecular flexibility index (Phi) is 5.46. The Morgan fingerprint density at radius 2 is 1.56 bits per heavy atom. The monoisotopic (exact) mass is 460 g/mol. The van der Waals surface area contributed by atoms with Gasteiger partial charge in [-0.15, -0.1) is 0 Å². The molecule has 1 heterocycles. The summed E-state index contributed by atoms with van der Waals surface area (Å²) in [4.78, 5) is 14.5. The van der Waals surface area contributed by atoms with Crippen LogP contribution in [0, 0.1) is 0 Å². The first kappa shape index (κ1) is 21.9. The van der Waals surface area contributed by atoms with Gasteiger partial charge >= 0.3 is 12.2 Å². The molecular formula is C23H19F3N2O3S. The predicted octanol–water partition coefficient (Wildman–Crippen LogP) is 5.60. The van der Waals surface area contributed by atoms with Crippen LogP contribution in [0.3, 0.4) is 0 Å². The first-order chi connectivity index (χ1) is 15.1. The number of aryl methyl sites for hydroxylation is 1. The van der Waals surface area contributed by atoms with E-state index in [0.717, 1.165) is 24.1 Å². The molecule has 1 aliphatic rings. The maximum atomic E-state index is 13.4. The van der Waals surface area contributed by atoms with Crippen molar-refractivity contribution in [2.75, 3.05) is 9.21 Å². The summed E-state index contributed by atoms with van der Waals surface area (Å²) in [7, 11) is -4.20. The number of sulfonamides is 1. The van der Waals surface area contributed by atoms with Crippen molar-refractivity contribution in [2.45, 2.75) is 31.0 Å². The van der Waals surface area contributed by atoms with Gasteiger partial charge in [-0.05, 0) is 53.9 Å². The topological polar surface area (TPSA) is 57.7 Å². The Balaban J connectivity index is 1.81. The third-order valence-electron chi connectivity index (χ3n) is 5.25. The second-order valence-electron chi connectivity index (χ2n) is 7.32. The van der Waals surface area contributed by atoms with E-state index in [0.29, 0.717) is 4.31 Å². The van der Waals surface area contributed by atoms with Crippen LogP contribution >= 0.6 is 0 Å². The molecule has 0 unspecified atom stereocenters. The van der Waals surface area contributed by atoms with E-state index in [1.807, 2.05) is 6.92 Å². The first-order valence-electron chi connectivity index (χ1n) is 9.84. The molecule has 9 heteroatoms. The Morgan fingerprint density at radius 3 is 2.22 bits per heavy atom. The van der Waals surface area contributed by atoms with E-state index in [1.54, 1.807) is 30.3 Å². The summed E-state index contributed by atoms with van der Waals surface area (Å²) in [5, 5.41) is 0. The smallest absolute Gasteiger partial charge is 0.287 e. The van der Waals surface area contributed by atoms with E-state index in [-0.39, 0.29) is 28.4 Å². The average Bonchev–Trinajstić information content (AvgIpc) is 2.77. The molecule has 0 N–H and O–H groups in total. The fourth-order valence-electron chi connectivity index (χ4n) is 3.61. The van der Waals surface area contributed by atoms with Crippen LogP contribution < -0.4 is 9.21 Å². The summed E-state index contributed by atoms with van der Waals surface area (Å²) < 4.78 is 66.7. The van der Waals surface area contributed by atoms with E-state index in [4.69, 9.17) is 0 Å². The number of benzene rings is 3. The molecule has 1 aliphatic heterocycles. The molecule has 4 rings (SSSR count). The van der Waals surface area contributed by atoms with Crippen molar-refractivity contribution in [1.29, 1.82) is 0 Å². The van der Waals surface area contributed by atoms with Crippen LogP contribution in [-0.4, -0.2) is 14.4 Å². The molecule has 0 saturated heterocycles. The molecule has 2 amide bonds. The zero-order chi connectivity index (χ0) is 23.1. The lowest BCUT2D eigenvalue weighted by molar-refractivity contribution is -0.137. The number of hydrogen-bond acceptors (Lipinski definition) is 3. The van der Waals surface area contributed by atoms with E-state index in [1.165, 1.54) is 35.2 Å². The number of carbonyl (C=O) groups is 1. The number of alkyl halides is 3. The molecule has 0 saturated carbocycles. The lowest BCUT2D eigenvalue weighted by atomic mass is 10.1. The molecule has 32 heavy (non-hydrogen) atoms. The number of hydrogen-bond donors (Lipinski definition) is 0. The maximum absolute atomic E-state index is 13.4. The molecule has 0 fully saturated rings. The van der Waals surface area contributed by atoms with Gasteiger partial charge in [-0.2, -0.15) is 17.5 Å². The van der Waals surface area contributed by atoms with Crippen LogP contribution in [0.15, 0.2) is 77.7 Å². The Hall–Kier alpha value is -3.33. The van der Waals surface area contributed by atoms with Gasteiger partial charge < -0.3 is 0 Å². The van der Waals surface area contributed by atoms with E-state index in [9.17, 15) is 26.4 Å². The molecule has 0 atom stereocenters. The van der Waals surface area contributed by atoms with Crippen molar-refractivity contribution in [3.05, 3.63) is 89.5 Å². The van der Waals surface area contributed by atoms with Crippen LogP contribution in [0.2, 0.25) is 0 Å². The molecule has 0 aliphatic carbocycles. The van der Waals surface area contributed by atoms with Gasteiger partial charge in [-0.25, -0.2) is 13.2 Å². The summed E-state index contributed by atoms with van der Waals surface area (Å²) >= 11 is 0. The maximum Gasteiger partial charge on any atom is 0.416 e. The van der Waals surface area contributed by atoms with Gasteiger partial charge in [0.25, 0.3) is 10.0 Å². The lowest BCUT2D eigenvalue weighted by Gasteiger charge is -2.36. The standard InChI is InChI=1S/C23H19F3N2O3S/c1-2-16-10-12-19(13-11-16)28-22(29)27(20-8-3-4-9-21(20)32(28,30)31)15-17-6-5-7-18(14-17)23(24,25)26/h3-14H,2,15H2,1H3. The van der Waals surface area contributed by atoms with Gasteiger partial charge in [0.05, 0.1) is 23.5 Å². The summed E-state index contributed by atoms with van der Waals surface area (Å²) in [6.45, 7) is 1.73. The zero-order valence-electron chi connectivity index (χ0n) is 17.0. The number of amides is 2. The number of fused-ring (bicyclic) bond motifs is 1. The average molecular weight is 460 g/mol. The summed E-state index contributed by atoms with van der Waals surface area (Å²) in [6, 6.07) is 16.3. The van der Waals surface area contributed by atoms with Crippen molar-refractivity contribution in [1.82, 2.24) is 0 Å². The third-order valence-corrected chi connectivity index (χ3v) is 7.00. The minimum Gasteiger partial charge on any atom is -0.287 e. The van der Waals surface area contributed by atoms with Crippen molar-refractivity contribution in [3.8, 4) is 0 Å². The quantitative estimate of drug-likeness (QED) is 0.509. The molecule has 166 valence electrons. The Labute approximate surface area is 183 Å².